The Balaban J connectivity index is 2.29. The van der Waals surface area contributed by atoms with Crippen molar-refractivity contribution in [2.45, 2.75) is 19.9 Å². The summed E-state index contributed by atoms with van der Waals surface area (Å²) in [5.74, 6) is 1.53. The molecule has 4 nitrogen and oxygen atoms in total. The van der Waals surface area contributed by atoms with Gasteiger partial charge in [0.1, 0.15) is 16.6 Å². The Labute approximate surface area is 111 Å². The third-order valence-corrected chi connectivity index (χ3v) is 2.93. The first kappa shape index (κ1) is 12.6. The average molecular weight is 261 g/mol. The van der Waals surface area contributed by atoms with E-state index in [2.05, 4.69) is 10.3 Å². The fourth-order valence-corrected chi connectivity index (χ4v) is 2.05. The summed E-state index contributed by atoms with van der Waals surface area (Å²) >= 11 is 5.06. The molecule has 0 saturated heterocycles. The van der Waals surface area contributed by atoms with E-state index in [0.717, 1.165) is 16.9 Å². The van der Waals surface area contributed by atoms with Crippen LogP contribution in [0.5, 0.6) is 0 Å². The number of anilines is 1. The molecule has 5 heteroatoms. The molecule has 2 heterocycles. The quantitative estimate of drug-likeness (QED) is 0.829. The molecule has 0 aromatic carbocycles. The number of pyridine rings is 1. The maximum absolute atomic E-state index is 5.74. The highest BCUT2D eigenvalue weighted by Gasteiger charge is 2.14. The second-order valence-electron chi connectivity index (χ2n) is 4.10. The summed E-state index contributed by atoms with van der Waals surface area (Å²) in [5.41, 5.74) is 7.53. The van der Waals surface area contributed by atoms with Crippen molar-refractivity contribution in [1.82, 2.24) is 4.98 Å². The number of nitrogens with one attached hydrogen (secondary N) is 1. The summed E-state index contributed by atoms with van der Waals surface area (Å²) in [6.07, 6.45) is 3.37. The minimum Gasteiger partial charge on any atom is -0.467 e. The first-order chi connectivity index (χ1) is 8.59. The zero-order chi connectivity index (χ0) is 13.1. The molecule has 0 aliphatic rings. The van der Waals surface area contributed by atoms with Gasteiger partial charge in [0.2, 0.25) is 0 Å². The molecule has 0 amide bonds. The van der Waals surface area contributed by atoms with Crippen LogP contribution in [0.15, 0.2) is 35.1 Å². The van der Waals surface area contributed by atoms with E-state index in [1.807, 2.05) is 32.0 Å². The van der Waals surface area contributed by atoms with Crippen LogP contribution in [0.2, 0.25) is 0 Å². The van der Waals surface area contributed by atoms with Crippen molar-refractivity contribution in [3.8, 4) is 0 Å². The topological polar surface area (TPSA) is 64.1 Å². The van der Waals surface area contributed by atoms with Crippen molar-refractivity contribution in [1.29, 1.82) is 0 Å². The second-order valence-corrected chi connectivity index (χ2v) is 4.54. The molecule has 0 spiro atoms. The summed E-state index contributed by atoms with van der Waals surface area (Å²) in [6.45, 7) is 3.95. The summed E-state index contributed by atoms with van der Waals surface area (Å²) in [4.78, 5) is 4.63. The average Bonchev–Trinajstić information content (AvgIpc) is 2.81. The number of rotatable bonds is 4. The van der Waals surface area contributed by atoms with E-state index < -0.39 is 0 Å². The van der Waals surface area contributed by atoms with Crippen molar-refractivity contribution in [3.63, 3.8) is 0 Å². The van der Waals surface area contributed by atoms with Gasteiger partial charge in [0.25, 0.3) is 0 Å². The smallest absolute Gasteiger partial charge is 0.137 e. The van der Waals surface area contributed by atoms with Gasteiger partial charge >= 0.3 is 0 Å². The predicted octanol–water partition coefficient (Wildman–Crippen LogP) is 2.79. The molecule has 1 atom stereocenters. The predicted molar refractivity (Wildman–Crippen MR) is 75.6 cm³/mol. The Morgan fingerprint density at radius 2 is 2.28 bits per heavy atom. The Bertz CT molecular complexity index is 551. The number of aryl methyl sites for hydroxylation is 1. The standard InChI is InChI=1S/C13H15N3OS/c1-8-5-6-15-13(11(8)12(14)18)16-9(2)10-4-3-7-17-10/h3-7,9H,1-2H3,(H2,14,18)(H,15,16). The second kappa shape index (κ2) is 5.18. The molecule has 2 rings (SSSR count). The number of nitrogens with two attached hydrogens (primary N) is 1. The Hall–Kier alpha value is -1.88. The van der Waals surface area contributed by atoms with Crippen LogP contribution in [0.1, 0.15) is 29.9 Å². The number of hydrogen-bond donors (Lipinski definition) is 2. The van der Waals surface area contributed by atoms with Crippen LogP contribution in [-0.2, 0) is 0 Å². The number of aromatic nitrogens is 1. The minimum absolute atomic E-state index is 0.00222. The van der Waals surface area contributed by atoms with Gasteiger partial charge in [0, 0.05) is 6.20 Å². The van der Waals surface area contributed by atoms with E-state index in [1.54, 1.807) is 12.5 Å². The lowest BCUT2D eigenvalue weighted by atomic mass is 10.1. The maximum Gasteiger partial charge on any atom is 0.137 e. The molecule has 18 heavy (non-hydrogen) atoms. The van der Waals surface area contributed by atoms with Gasteiger partial charge in [-0.2, -0.15) is 0 Å². The normalized spacial score (nSPS) is 12.1. The minimum atomic E-state index is 0.00222. The van der Waals surface area contributed by atoms with Crippen LogP contribution >= 0.6 is 12.2 Å². The van der Waals surface area contributed by atoms with Gasteiger partial charge in [-0.1, -0.05) is 12.2 Å². The van der Waals surface area contributed by atoms with E-state index in [4.69, 9.17) is 22.4 Å². The van der Waals surface area contributed by atoms with Gasteiger partial charge in [0.15, 0.2) is 0 Å². The van der Waals surface area contributed by atoms with Crippen molar-refractivity contribution in [3.05, 3.63) is 47.5 Å². The van der Waals surface area contributed by atoms with Crippen LogP contribution in [0.3, 0.4) is 0 Å². The highest BCUT2D eigenvalue weighted by molar-refractivity contribution is 7.80. The van der Waals surface area contributed by atoms with Crippen molar-refractivity contribution in [2.75, 3.05) is 5.32 Å². The molecule has 1 unspecified atom stereocenters. The molecule has 0 saturated carbocycles. The number of thiocarbonyl (C=S) groups is 1. The number of hydrogen-bond acceptors (Lipinski definition) is 4. The van der Waals surface area contributed by atoms with Gasteiger partial charge < -0.3 is 15.5 Å². The van der Waals surface area contributed by atoms with Gasteiger partial charge in [-0.3, -0.25) is 0 Å². The van der Waals surface area contributed by atoms with E-state index in [1.165, 1.54) is 0 Å². The summed E-state index contributed by atoms with van der Waals surface area (Å²) in [7, 11) is 0. The molecule has 2 aromatic heterocycles. The first-order valence-electron chi connectivity index (χ1n) is 5.65. The summed E-state index contributed by atoms with van der Waals surface area (Å²) < 4.78 is 5.34. The summed E-state index contributed by atoms with van der Waals surface area (Å²) in [6, 6.07) is 5.65. The highest BCUT2D eigenvalue weighted by Crippen LogP contribution is 2.22. The Morgan fingerprint density at radius 3 is 2.89 bits per heavy atom. The van der Waals surface area contributed by atoms with Crippen LogP contribution in [0, 0.1) is 6.92 Å². The van der Waals surface area contributed by atoms with E-state index in [-0.39, 0.29) is 6.04 Å². The fourth-order valence-electron chi connectivity index (χ4n) is 1.79. The van der Waals surface area contributed by atoms with Gasteiger partial charge in [0.05, 0.1) is 17.9 Å². The lowest BCUT2D eigenvalue weighted by Crippen LogP contribution is -2.17. The molecule has 94 valence electrons. The van der Waals surface area contributed by atoms with Crippen LogP contribution in [0.4, 0.5) is 5.82 Å². The number of nitrogens with zero attached hydrogens (tertiary/aromatic N) is 1. The van der Waals surface area contributed by atoms with Gasteiger partial charge in [-0.15, -0.1) is 0 Å². The molecule has 0 aliphatic carbocycles. The monoisotopic (exact) mass is 261 g/mol. The highest BCUT2D eigenvalue weighted by atomic mass is 32.1. The molecule has 0 bridgehead atoms. The Kier molecular flexibility index (Phi) is 3.62. The summed E-state index contributed by atoms with van der Waals surface area (Å²) in [5, 5.41) is 3.26. The fraction of sp³-hybridized carbons (Fsp3) is 0.231. The van der Waals surface area contributed by atoms with Crippen LogP contribution < -0.4 is 11.1 Å². The lowest BCUT2D eigenvalue weighted by Gasteiger charge is -2.16. The third-order valence-electron chi connectivity index (χ3n) is 2.73. The third kappa shape index (κ3) is 2.51. The molecular weight excluding hydrogens is 246 g/mol. The van der Waals surface area contributed by atoms with Crippen molar-refractivity contribution in [2.24, 2.45) is 5.73 Å². The van der Waals surface area contributed by atoms with E-state index >= 15 is 0 Å². The molecule has 2 aromatic rings. The SMILES string of the molecule is Cc1ccnc(NC(C)c2ccco2)c1C(N)=S. The zero-order valence-electron chi connectivity index (χ0n) is 10.3. The van der Waals surface area contributed by atoms with Crippen molar-refractivity contribution >= 4 is 23.0 Å². The Morgan fingerprint density at radius 1 is 1.50 bits per heavy atom. The van der Waals surface area contributed by atoms with E-state index in [0.29, 0.717) is 10.8 Å². The first-order valence-corrected chi connectivity index (χ1v) is 6.05. The van der Waals surface area contributed by atoms with E-state index in [9.17, 15) is 0 Å². The number of furan rings is 1. The van der Waals surface area contributed by atoms with Gasteiger partial charge in [-0.25, -0.2) is 4.98 Å². The van der Waals surface area contributed by atoms with Crippen LogP contribution in [-0.4, -0.2) is 9.97 Å². The zero-order valence-corrected chi connectivity index (χ0v) is 11.1. The van der Waals surface area contributed by atoms with Gasteiger partial charge in [-0.05, 0) is 37.6 Å². The van der Waals surface area contributed by atoms with Crippen LogP contribution in [0.25, 0.3) is 0 Å². The molecular formula is C13H15N3OS. The maximum atomic E-state index is 5.74. The molecule has 0 aliphatic heterocycles. The lowest BCUT2D eigenvalue weighted by molar-refractivity contribution is 0.490. The molecule has 0 fully saturated rings. The largest absolute Gasteiger partial charge is 0.467 e. The molecule has 0 radical (unpaired) electrons. The molecule has 3 N–H and O–H groups in total. The van der Waals surface area contributed by atoms with Crippen molar-refractivity contribution < 1.29 is 4.42 Å².